The second-order valence-corrected chi connectivity index (χ2v) is 3.20. The fourth-order valence-electron chi connectivity index (χ4n) is 1.21. The van der Waals surface area contributed by atoms with Crippen LogP contribution in [-0.2, 0) is 6.54 Å². The van der Waals surface area contributed by atoms with Gasteiger partial charge >= 0.3 is 0 Å². The minimum absolute atomic E-state index is 0.501. The first kappa shape index (κ1) is 10.2. The van der Waals surface area contributed by atoms with Gasteiger partial charge < -0.3 is 11.1 Å². The average Bonchev–Trinajstić information content (AvgIpc) is 2.57. The maximum absolute atomic E-state index is 5.44. The predicted molar refractivity (Wildman–Crippen MR) is 53.4 cm³/mol. The van der Waals surface area contributed by atoms with Crippen LogP contribution >= 0.6 is 0 Å². The smallest absolute Gasteiger partial charge is 0.0534 e. The molecule has 1 unspecified atom stereocenters. The van der Waals surface area contributed by atoms with Gasteiger partial charge in [-0.25, -0.2) is 0 Å². The molecule has 0 saturated carbocycles. The molecule has 3 N–H and O–H groups in total. The molecule has 0 aromatic carbocycles. The lowest BCUT2D eigenvalue weighted by Crippen LogP contribution is -2.31. The second-order valence-electron chi connectivity index (χ2n) is 3.20. The number of aromatic nitrogens is 2. The van der Waals surface area contributed by atoms with E-state index in [-0.39, 0.29) is 0 Å². The van der Waals surface area contributed by atoms with E-state index < -0.39 is 0 Å². The Bertz CT molecular complexity index is 207. The molecule has 0 aliphatic carbocycles. The van der Waals surface area contributed by atoms with Gasteiger partial charge in [-0.05, 0) is 26.0 Å². The van der Waals surface area contributed by atoms with Gasteiger partial charge in [-0.15, -0.1) is 0 Å². The van der Waals surface area contributed by atoms with Crippen LogP contribution in [-0.4, -0.2) is 28.9 Å². The summed E-state index contributed by atoms with van der Waals surface area (Å²) in [7, 11) is 0. The van der Waals surface area contributed by atoms with Crippen molar-refractivity contribution in [1.29, 1.82) is 0 Å². The normalized spacial score (nSPS) is 13.1. The number of nitrogens with one attached hydrogen (secondary N) is 1. The summed E-state index contributed by atoms with van der Waals surface area (Å²) in [5.74, 6) is 0. The van der Waals surface area contributed by atoms with Crippen molar-refractivity contribution in [2.45, 2.75) is 25.9 Å². The zero-order valence-corrected chi connectivity index (χ0v) is 8.11. The Morgan fingerprint density at radius 3 is 3.08 bits per heavy atom. The fraction of sp³-hybridized carbons (Fsp3) is 0.667. The minimum Gasteiger partial charge on any atom is -0.330 e. The monoisotopic (exact) mass is 182 g/mol. The lowest BCUT2D eigenvalue weighted by molar-refractivity contribution is 0.479. The Morgan fingerprint density at radius 1 is 1.62 bits per heavy atom. The van der Waals surface area contributed by atoms with E-state index in [2.05, 4.69) is 17.3 Å². The van der Waals surface area contributed by atoms with Gasteiger partial charge in [0.2, 0.25) is 0 Å². The highest BCUT2D eigenvalue weighted by Crippen LogP contribution is 1.88. The fourth-order valence-corrected chi connectivity index (χ4v) is 1.21. The van der Waals surface area contributed by atoms with Gasteiger partial charge in [-0.3, -0.25) is 4.68 Å². The maximum Gasteiger partial charge on any atom is 0.0534 e. The molecule has 0 spiro atoms. The van der Waals surface area contributed by atoms with E-state index in [1.807, 2.05) is 16.9 Å². The SMILES string of the molecule is CC(CCN)NCCn1cccn1. The molecule has 1 aromatic heterocycles. The number of nitrogens with two attached hydrogens (primary N) is 1. The number of hydrogen-bond acceptors (Lipinski definition) is 3. The van der Waals surface area contributed by atoms with Crippen molar-refractivity contribution < 1.29 is 0 Å². The topological polar surface area (TPSA) is 55.9 Å². The standard InChI is InChI=1S/C9H18N4/c1-9(3-4-10)11-6-8-13-7-2-5-12-13/h2,5,7,9,11H,3-4,6,8,10H2,1H3. The van der Waals surface area contributed by atoms with Gasteiger partial charge in [-0.1, -0.05) is 0 Å². The zero-order chi connectivity index (χ0) is 9.52. The summed E-state index contributed by atoms with van der Waals surface area (Å²) in [4.78, 5) is 0. The molecule has 4 heteroatoms. The second kappa shape index (κ2) is 5.72. The highest BCUT2D eigenvalue weighted by molar-refractivity contribution is 4.77. The summed E-state index contributed by atoms with van der Waals surface area (Å²) < 4.78 is 1.92. The molecule has 0 saturated heterocycles. The van der Waals surface area contributed by atoms with Gasteiger partial charge in [0.25, 0.3) is 0 Å². The third-order valence-electron chi connectivity index (χ3n) is 1.99. The molecule has 1 aromatic rings. The summed E-state index contributed by atoms with van der Waals surface area (Å²) in [5, 5.41) is 7.49. The highest BCUT2D eigenvalue weighted by Gasteiger charge is 1.98. The average molecular weight is 182 g/mol. The maximum atomic E-state index is 5.44. The van der Waals surface area contributed by atoms with E-state index in [1.54, 1.807) is 6.20 Å². The van der Waals surface area contributed by atoms with Crippen LogP contribution in [0, 0.1) is 0 Å². The molecular weight excluding hydrogens is 164 g/mol. The molecular formula is C9H18N4. The van der Waals surface area contributed by atoms with Crippen LogP contribution in [0.3, 0.4) is 0 Å². The van der Waals surface area contributed by atoms with E-state index in [0.717, 1.165) is 26.1 Å². The van der Waals surface area contributed by atoms with Gasteiger partial charge in [0, 0.05) is 25.0 Å². The number of nitrogens with zero attached hydrogens (tertiary/aromatic N) is 2. The van der Waals surface area contributed by atoms with Gasteiger partial charge in [0.05, 0.1) is 6.54 Å². The third kappa shape index (κ3) is 4.05. The number of hydrogen-bond donors (Lipinski definition) is 2. The van der Waals surface area contributed by atoms with E-state index in [0.29, 0.717) is 6.04 Å². The highest BCUT2D eigenvalue weighted by atomic mass is 15.3. The van der Waals surface area contributed by atoms with Crippen molar-refractivity contribution in [2.24, 2.45) is 5.73 Å². The molecule has 1 rings (SSSR count). The van der Waals surface area contributed by atoms with Gasteiger partial charge in [-0.2, -0.15) is 5.10 Å². The van der Waals surface area contributed by atoms with E-state index in [9.17, 15) is 0 Å². The molecule has 0 bridgehead atoms. The Kier molecular flexibility index (Phi) is 4.49. The largest absolute Gasteiger partial charge is 0.330 e. The molecule has 13 heavy (non-hydrogen) atoms. The summed E-state index contributed by atoms with van der Waals surface area (Å²) in [6, 6.07) is 2.43. The van der Waals surface area contributed by atoms with Crippen molar-refractivity contribution in [1.82, 2.24) is 15.1 Å². The van der Waals surface area contributed by atoms with Crippen LogP contribution in [0.4, 0.5) is 0 Å². The Labute approximate surface area is 79.1 Å². The molecule has 0 aliphatic heterocycles. The van der Waals surface area contributed by atoms with Crippen molar-refractivity contribution in [3.05, 3.63) is 18.5 Å². The molecule has 1 atom stereocenters. The van der Waals surface area contributed by atoms with Crippen molar-refractivity contribution in [2.75, 3.05) is 13.1 Å². The number of rotatable bonds is 6. The lowest BCUT2D eigenvalue weighted by Gasteiger charge is -2.11. The summed E-state index contributed by atoms with van der Waals surface area (Å²) in [6.45, 7) is 4.76. The zero-order valence-electron chi connectivity index (χ0n) is 8.11. The summed E-state index contributed by atoms with van der Waals surface area (Å²) in [6.07, 6.45) is 4.79. The van der Waals surface area contributed by atoms with E-state index in [4.69, 9.17) is 5.73 Å². The summed E-state index contributed by atoms with van der Waals surface area (Å²) in [5.41, 5.74) is 5.44. The van der Waals surface area contributed by atoms with Crippen LogP contribution in [0.2, 0.25) is 0 Å². The van der Waals surface area contributed by atoms with Gasteiger partial charge in [0.15, 0.2) is 0 Å². The van der Waals surface area contributed by atoms with Crippen molar-refractivity contribution >= 4 is 0 Å². The van der Waals surface area contributed by atoms with Crippen LogP contribution in [0.1, 0.15) is 13.3 Å². The van der Waals surface area contributed by atoms with E-state index >= 15 is 0 Å². The molecule has 0 radical (unpaired) electrons. The Balaban J connectivity index is 2.07. The molecule has 74 valence electrons. The van der Waals surface area contributed by atoms with E-state index in [1.165, 1.54) is 0 Å². The Morgan fingerprint density at radius 2 is 2.46 bits per heavy atom. The van der Waals surface area contributed by atoms with Crippen LogP contribution < -0.4 is 11.1 Å². The summed E-state index contributed by atoms with van der Waals surface area (Å²) >= 11 is 0. The minimum atomic E-state index is 0.501. The molecule has 4 nitrogen and oxygen atoms in total. The van der Waals surface area contributed by atoms with Crippen LogP contribution in [0.5, 0.6) is 0 Å². The first-order valence-electron chi connectivity index (χ1n) is 4.74. The van der Waals surface area contributed by atoms with Crippen molar-refractivity contribution in [3.63, 3.8) is 0 Å². The molecule has 0 aliphatic rings. The molecule has 1 heterocycles. The van der Waals surface area contributed by atoms with Gasteiger partial charge in [0.1, 0.15) is 0 Å². The van der Waals surface area contributed by atoms with Crippen LogP contribution in [0.15, 0.2) is 18.5 Å². The predicted octanol–water partition coefficient (Wildman–Crippen LogP) is 0.210. The van der Waals surface area contributed by atoms with Crippen LogP contribution in [0.25, 0.3) is 0 Å². The molecule has 0 fully saturated rings. The molecule has 0 amide bonds. The Hall–Kier alpha value is -0.870. The third-order valence-corrected chi connectivity index (χ3v) is 1.99. The lowest BCUT2D eigenvalue weighted by atomic mass is 10.2. The first-order chi connectivity index (χ1) is 6.33. The quantitative estimate of drug-likeness (QED) is 0.661. The van der Waals surface area contributed by atoms with Crippen molar-refractivity contribution in [3.8, 4) is 0 Å². The first-order valence-corrected chi connectivity index (χ1v) is 4.74.